The summed E-state index contributed by atoms with van der Waals surface area (Å²) >= 11 is 0. The average Bonchev–Trinajstić information content (AvgIpc) is 2.91. The van der Waals surface area contributed by atoms with Gasteiger partial charge >= 0.3 is 13.8 Å². The zero-order valence-corrected chi connectivity index (χ0v) is 22.6. The molecule has 0 aliphatic carbocycles. The third-order valence-electron chi connectivity index (χ3n) is 5.88. The van der Waals surface area contributed by atoms with Crippen LogP contribution in [-0.4, -0.2) is 46.0 Å². The zero-order valence-electron chi connectivity index (χ0n) is 21.7. The van der Waals surface area contributed by atoms with Crippen molar-refractivity contribution in [3.63, 3.8) is 0 Å². The molecule has 208 valence electrons. The molecule has 38 heavy (non-hydrogen) atoms. The van der Waals surface area contributed by atoms with E-state index in [0.717, 1.165) is 51.4 Å². The Hall–Kier alpha value is -2.61. The number of ketones is 1. The normalized spacial score (nSPS) is 12.5. The number of carbonyl (C=O) groups excluding carboxylic acids is 2. The first kappa shape index (κ1) is 31.6. The first-order chi connectivity index (χ1) is 18.2. The fraction of sp³-hybridized carbons (Fsp3) is 0.448. The van der Waals surface area contributed by atoms with E-state index in [1.807, 2.05) is 54.6 Å². The van der Waals surface area contributed by atoms with Crippen molar-refractivity contribution in [1.29, 1.82) is 0 Å². The van der Waals surface area contributed by atoms with Crippen LogP contribution in [0.25, 0.3) is 0 Å². The summed E-state index contributed by atoms with van der Waals surface area (Å²) < 4.78 is 19.6. The molecular formula is C29H39O8P. The van der Waals surface area contributed by atoms with Crippen LogP contribution in [0, 0.1) is 0 Å². The van der Waals surface area contributed by atoms with Crippen LogP contribution in [0.15, 0.2) is 66.7 Å². The minimum Gasteiger partial charge on any atom is -0.463 e. The number of ether oxygens (including phenoxy) is 1. The van der Waals surface area contributed by atoms with Gasteiger partial charge in [-0.2, -0.15) is 0 Å². The number of aryl methyl sites for hydroxylation is 1. The zero-order chi connectivity index (χ0) is 27.6. The number of unbranched alkanes of at least 4 members (excludes halogenated alkanes) is 6. The van der Waals surface area contributed by atoms with Crippen LogP contribution in [0.2, 0.25) is 0 Å². The molecule has 0 saturated carbocycles. The molecule has 0 saturated heterocycles. The standard InChI is InChI=1S/C29H39O8P/c30-27(23-37-38(33,34)35)22-36-28(31)17-13-8-6-4-2-1-3-5-7-10-14-24-18-20-26(21-19-24)29(32)25-15-11-9-12-16-25/h3,5,9,11-12,15-16,18-21,27,30H,1-2,4,6-8,10,13-14,17,22-23H2,(H2,33,34,35)/b5-3-/t27-/m1/s1/i38+1. The van der Waals surface area contributed by atoms with Crippen LogP contribution >= 0.6 is 7.82 Å². The molecule has 3 N–H and O–H groups in total. The Bertz CT molecular complexity index is 1030. The van der Waals surface area contributed by atoms with Crippen molar-refractivity contribution in [2.24, 2.45) is 0 Å². The minimum atomic E-state index is -4.65. The topological polar surface area (TPSA) is 130 Å². The lowest BCUT2D eigenvalue weighted by atomic mass is 10.0. The van der Waals surface area contributed by atoms with Crippen molar-refractivity contribution in [1.82, 2.24) is 0 Å². The highest BCUT2D eigenvalue weighted by atomic mass is 32.2. The molecule has 0 heterocycles. The Labute approximate surface area is 224 Å². The largest absolute Gasteiger partial charge is 0.469 e. The van der Waals surface area contributed by atoms with E-state index in [9.17, 15) is 19.3 Å². The number of benzene rings is 2. The van der Waals surface area contributed by atoms with Crippen LogP contribution in [0.1, 0.15) is 79.3 Å². The molecule has 0 aromatic heterocycles. The number of allylic oxidation sites excluding steroid dienone is 2. The molecule has 2 aromatic carbocycles. The van der Waals surface area contributed by atoms with Gasteiger partial charge in [0.1, 0.15) is 12.7 Å². The Morgan fingerprint density at radius 1 is 0.789 bits per heavy atom. The molecule has 8 nitrogen and oxygen atoms in total. The molecule has 0 spiro atoms. The van der Waals surface area contributed by atoms with E-state index in [4.69, 9.17) is 14.5 Å². The van der Waals surface area contributed by atoms with Crippen LogP contribution in [-0.2, 0) is 25.0 Å². The summed E-state index contributed by atoms with van der Waals surface area (Å²) in [7, 11) is -4.65. The molecule has 0 aliphatic heterocycles. The lowest BCUT2D eigenvalue weighted by Gasteiger charge is -2.12. The Kier molecular flexibility index (Phi) is 14.8. The first-order valence-corrected chi connectivity index (χ1v) is 14.6. The van der Waals surface area contributed by atoms with Crippen molar-refractivity contribution in [3.05, 3.63) is 83.4 Å². The predicted molar refractivity (Wildman–Crippen MR) is 146 cm³/mol. The van der Waals surface area contributed by atoms with Gasteiger partial charge in [-0.1, -0.05) is 86.0 Å². The second-order valence-electron chi connectivity index (χ2n) is 9.19. The molecule has 0 amide bonds. The van der Waals surface area contributed by atoms with E-state index in [0.29, 0.717) is 17.5 Å². The van der Waals surface area contributed by atoms with Gasteiger partial charge in [0.05, 0.1) is 6.61 Å². The van der Waals surface area contributed by atoms with Crippen LogP contribution in [0.4, 0.5) is 0 Å². The van der Waals surface area contributed by atoms with Gasteiger partial charge in [0, 0.05) is 17.5 Å². The summed E-state index contributed by atoms with van der Waals surface area (Å²) in [6, 6.07) is 17.2. The van der Waals surface area contributed by atoms with Crippen molar-refractivity contribution >= 4 is 19.6 Å². The van der Waals surface area contributed by atoms with Crippen molar-refractivity contribution < 1.29 is 38.3 Å². The summed E-state index contributed by atoms with van der Waals surface area (Å²) in [6.45, 7) is -0.953. The minimum absolute atomic E-state index is 0.0464. The smallest absolute Gasteiger partial charge is 0.463 e. The summed E-state index contributed by atoms with van der Waals surface area (Å²) in [6.07, 6.45) is 12.4. The quantitative estimate of drug-likeness (QED) is 0.0687. The predicted octanol–water partition coefficient (Wildman–Crippen LogP) is 5.54. The molecule has 0 radical (unpaired) electrons. The fourth-order valence-corrected chi connectivity index (χ4v) is 4.16. The number of carbonyl (C=O) groups is 2. The molecule has 2 rings (SSSR count). The number of hydrogen-bond donors (Lipinski definition) is 3. The van der Waals surface area contributed by atoms with Gasteiger partial charge in [-0.05, 0) is 44.1 Å². The van der Waals surface area contributed by atoms with Crippen LogP contribution < -0.4 is 0 Å². The number of phosphoric acid groups is 1. The molecule has 0 fully saturated rings. The van der Waals surface area contributed by atoms with E-state index in [-0.39, 0.29) is 18.8 Å². The first-order valence-electron chi connectivity index (χ1n) is 13.1. The number of aliphatic hydroxyl groups is 1. The van der Waals surface area contributed by atoms with Crippen molar-refractivity contribution in [2.45, 2.75) is 70.3 Å². The maximum absolute atomic E-state index is 12.5. The van der Waals surface area contributed by atoms with Gasteiger partial charge in [0.25, 0.3) is 0 Å². The molecular weight excluding hydrogens is 508 g/mol. The second kappa shape index (κ2) is 17.8. The summed E-state index contributed by atoms with van der Waals surface area (Å²) in [5.41, 5.74) is 2.65. The average molecular weight is 548 g/mol. The third kappa shape index (κ3) is 14.4. The van der Waals surface area contributed by atoms with Gasteiger partial charge in [-0.25, -0.2) is 4.57 Å². The number of phosphoric ester groups is 1. The number of hydrogen-bond acceptors (Lipinski definition) is 6. The van der Waals surface area contributed by atoms with Gasteiger partial charge in [0.2, 0.25) is 0 Å². The fourth-order valence-electron chi connectivity index (χ4n) is 3.79. The number of rotatable bonds is 19. The van der Waals surface area contributed by atoms with Gasteiger partial charge < -0.3 is 19.6 Å². The molecule has 0 aliphatic rings. The highest BCUT2D eigenvalue weighted by Gasteiger charge is 2.17. The van der Waals surface area contributed by atoms with E-state index < -0.39 is 26.5 Å². The monoisotopic (exact) mass is 547 g/mol. The summed E-state index contributed by atoms with van der Waals surface area (Å²) in [4.78, 5) is 41.2. The van der Waals surface area contributed by atoms with E-state index in [1.165, 1.54) is 5.56 Å². The SMILES string of the molecule is O=C(CCCCCCC/C=C\CCCc1ccc(C(=O)c2ccccc2)cc1)OC[C@@H](O)CO[32P](=O)(O)O. The van der Waals surface area contributed by atoms with Crippen molar-refractivity contribution in [2.75, 3.05) is 13.2 Å². The van der Waals surface area contributed by atoms with Gasteiger partial charge in [-0.3, -0.25) is 14.1 Å². The summed E-state index contributed by atoms with van der Waals surface area (Å²) in [5, 5.41) is 9.47. The van der Waals surface area contributed by atoms with Crippen molar-refractivity contribution in [3.8, 4) is 0 Å². The van der Waals surface area contributed by atoms with Gasteiger partial charge in [0.15, 0.2) is 5.78 Å². The number of esters is 1. The Morgan fingerprint density at radius 2 is 1.39 bits per heavy atom. The van der Waals surface area contributed by atoms with E-state index in [1.54, 1.807) is 0 Å². The molecule has 0 bridgehead atoms. The second-order valence-corrected chi connectivity index (χ2v) is 10.4. The Morgan fingerprint density at radius 3 is 2.08 bits per heavy atom. The third-order valence-corrected chi connectivity index (χ3v) is 6.36. The molecule has 2 aromatic rings. The molecule has 9 heteroatoms. The van der Waals surface area contributed by atoms with Crippen LogP contribution in [0.3, 0.4) is 0 Å². The molecule has 1 atom stereocenters. The lowest BCUT2D eigenvalue weighted by Crippen LogP contribution is -2.23. The van der Waals surface area contributed by atoms with Crippen LogP contribution in [0.5, 0.6) is 0 Å². The summed E-state index contributed by atoms with van der Waals surface area (Å²) in [5.74, 6) is -0.398. The highest BCUT2D eigenvalue weighted by Crippen LogP contribution is 2.35. The van der Waals surface area contributed by atoms with E-state index in [2.05, 4.69) is 16.7 Å². The molecule has 0 unspecified atom stereocenters. The maximum atomic E-state index is 12.5. The highest BCUT2D eigenvalue weighted by molar-refractivity contribution is 7.46. The van der Waals surface area contributed by atoms with Gasteiger partial charge in [-0.15, -0.1) is 0 Å². The Balaban J connectivity index is 1.44. The lowest BCUT2D eigenvalue weighted by molar-refractivity contribution is -0.147. The maximum Gasteiger partial charge on any atom is 0.469 e. The van der Waals surface area contributed by atoms with E-state index >= 15 is 0 Å². The number of aliphatic hydroxyl groups excluding tert-OH is 1.